The summed E-state index contributed by atoms with van der Waals surface area (Å²) in [5.74, 6) is 0.641. The van der Waals surface area contributed by atoms with Crippen LogP contribution in [0.3, 0.4) is 0 Å². The average molecular weight is 365 g/mol. The van der Waals surface area contributed by atoms with Gasteiger partial charge in [0.1, 0.15) is 0 Å². The maximum Gasteiger partial charge on any atom is 0.230 e. The van der Waals surface area contributed by atoms with Crippen LogP contribution in [0.2, 0.25) is 5.02 Å². The molecule has 4 nitrogen and oxygen atoms in total. The molecule has 1 amide bonds. The number of halogens is 1. The van der Waals surface area contributed by atoms with Crippen molar-refractivity contribution in [3.63, 3.8) is 0 Å². The van der Waals surface area contributed by atoms with Gasteiger partial charge in [-0.25, -0.2) is 0 Å². The lowest BCUT2D eigenvalue weighted by atomic mass is 9.64. The van der Waals surface area contributed by atoms with E-state index >= 15 is 0 Å². The van der Waals surface area contributed by atoms with Crippen LogP contribution in [0, 0.1) is 5.92 Å². The van der Waals surface area contributed by atoms with E-state index in [4.69, 9.17) is 16.3 Å². The zero-order chi connectivity index (χ0) is 17.9. The highest BCUT2D eigenvalue weighted by Crippen LogP contribution is 2.44. The molecule has 1 aromatic rings. The number of morpholine rings is 1. The number of hydrogen-bond acceptors (Lipinski definition) is 3. The number of nitrogens with zero attached hydrogens (tertiary/aromatic N) is 1. The molecule has 1 unspecified atom stereocenters. The molecule has 1 saturated heterocycles. The molecule has 0 aromatic heterocycles. The average Bonchev–Trinajstić information content (AvgIpc) is 2.55. The molecule has 138 valence electrons. The molecule has 3 rings (SSSR count). The van der Waals surface area contributed by atoms with E-state index in [0.717, 1.165) is 51.1 Å². The zero-order valence-corrected chi connectivity index (χ0v) is 16.0. The smallest absolute Gasteiger partial charge is 0.230 e. The van der Waals surface area contributed by atoms with Gasteiger partial charge in [-0.1, -0.05) is 44.0 Å². The largest absolute Gasteiger partial charge is 0.379 e. The topological polar surface area (TPSA) is 41.6 Å². The normalized spacial score (nSPS) is 21.6. The van der Waals surface area contributed by atoms with Gasteiger partial charge in [-0.2, -0.15) is 0 Å². The third-order valence-electron chi connectivity index (χ3n) is 5.77. The monoisotopic (exact) mass is 364 g/mol. The summed E-state index contributed by atoms with van der Waals surface area (Å²) in [6.07, 6.45) is 2.91. The Labute approximate surface area is 155 Å². The first-order valence-corrected chi connectivity index (χ1v) is 9.77. The predicted octanol–water partition coefficient (Wildman–Crippen LogP) is 3.23. The van der Waals surface area contributed by atoms with E-state index in [-0.39, 0.29) is 5.91 Å². The van der Waals surface area contributed by atoms with Gasteiger partial charge in [-0.05, 0) is 36.5 Å². The van der Waals surface area contributed by atoms with Crippen LogP contribution in [0.1, 0.15) is 38.7 Å². The summed E-state index contributed by atoms with van der Waals surface area (Å²) in [4.78, 5) is 15.5. The quantitative estimate of drug-likeness (QED) is 0.842. The number of hydrogen-bond donors (Lipinski definition) is 1. The van der Waals surface area contributed by atoms with E-state index in [0.29, 0.717) is 23.5 Å². The Morgan fingerprint density at radius 1 is 1.32 bits per heavy atom. The maximum atomic E-state index is 13.1. The molecule has 1 atom stereocenters. The number of amides is 1. The van der Waals surface area contributed by atoms with Crippen LogP contribution in [0.5, 0.6) is 0 Å². The molecule has 1 aliphatic carbocycles. The Hall–Kier alpha value is -1.10. The van der Waals surface area contributed by atoms with Gasteiger partial charge in [0.2, 0.25) is 5.91 Å². The molecule has 2 fully saturated rings. The lowest BCUT2D eigenvalue weighted by Gasteiger charge is -2.42. The van der Waals surface area contributed by atoms with Crippen LogP contribution < -0.4 is 5.32 Å². The van der Waals surface area contributed by atoms with Crippen molar-refractivity contribution >= 4 is 17.5 Å². The Bertz CT molecular complexity index is 595. The van der Waals surface area contributed by atoms with Crippen LogP contribution in [0.15, 0.2) is 24.3 Å². The summed E-state index contributed by atoms with van der Waals surface area (Å²) < 4.78 is 5.46. The Balaban J connectivity index is 1.67. The fraction of sp³-hybridized carbons (Fsp3) is 0.650. The molecule has 1 saturated carbocycles. The SMILES string of the molecule is CC(C)C(CNC(=O)C1(c2cccc(Cl)c2)CCC1)N1CCOCC1. The van der Waals surface area contributed by atoms with E-state index < -0.39 is 5.41 Å². The van der Waals surface area contributed by atoms with Crippen LogP contribution in [0.4, 0.5) is 0 Å². The number of carbonyl (C=O) groups is 1. The highest BCUT2D eigenvalue weighted by atomic mass is 35.5. The van der Waals surface area contributed by atoms with Gasteiger partial charge in [0.25, 0.3) is 0 Å². The number of ether oxygens (including phenoxy) is 1. The van der Waals surface area contributed by atoms with E-state index in [1.807, 2.05) is 24.3 Å². The van der Waals surface area contributed by atoms with Gasteiger partial charge in [0.05, 0.1) is 18.6 Å². The molecule has 1 N–H and O–H groups in total. The summed E-state index contributed by atoms with van der Waals surface area (Å²) in [5, 5.41) is 3.96. The highest BCUT2D eigenvalue weighted by molar-refractivity contribution is 6.30. The molecule has 0 spiro atoms. The molecule has 5 heteroatoms. The van der Waals surface area contributed by atoms with Gasteiger partial charge in [0, 0.05) is 30.7 Å². The second kappa shape index (κ2) is 8.07. The van der Waals surface area contributed by atoms with E-state index in [1.54, 1.807) is 0 Å². The second-order valence-corrected chi connectivity index (χ2v) is 8.05. The standard InChI is InChI=1S/C20H29ClN2O2/c1-15(2)18(23-9-11-25-12-10-23)14-22-19(24)20(7-4-8-20)16-5-3-6-17(21)13-16/h3,5-6,13,15,18H,4,7-12,14H2,1-2H3,(H,22,24). The molecule has 0 radical (unpaired) electrons. The zero-order valence-electron chi connectivity index (χ0n) is 15.3. The van der Waals surface area contributed by atoms with Gasteiger partial charge in [0.15, 0.2) is 0 Å². The van der Waals surface area contributed by atoms with Crippen molar-refractivity contribution in [2.45, 2.75) is 44.6 Å². The minimum Gasteiger partial charge on any atom is -0.379 e. The van der Waals surface area contributed by atoms with Gasteiger partial charge < -0.3 is 10.1 Å². The third kappa shape index (κ3) is 4.02. The first-order valence-electron chi connectivity index (χ1n) is 9.39. The first-order chi connectivity index (χ1) is 12.0. The van der Waals surface area contributed by atoms with Crippen LogP contribution in [0.25, 0.3) is 0 Å². The number of benzene rings is 1. The molecule has 1 aliphatic heterocycles. The van der Waals surface area contributed by atoms with Crippen molar-refractivity contribution in [1.29, 1.82) is 0 Å². The summed E-state index contributed by atoms with van der Waals surface area (Å²) in [6, 6.07) is 8.14. The summed E-state index contributed by atoms with van der Waals surface area (Å²) in [5.41, 5.74) is 0.661. The lowest BCUT2D eigenvalue weighted by Crippen LogP contribution is -2.55. The third-order valence-corrected chi connectivity index (χ3v) is 6.01. The minimum absolute atomic E-state index is 0.153. The highest BCUT2D eigenvalue weighted by Gasteiger charge is 2.45. The fourth-order valence-corrected chi connectivity index (χ4v) is 4.22. The maximum absolute atomic E-state index is 13.1. The Kier molecular flexibility index (Phi) is 6.03. The summed E-state index contributed by atoms with van der Waals surface area (Å²) in [6.45, 7) is 8.59. The molecule has 1 aromatic carbocycles. The molecular formula is C20H29ClN2O2. The summed E-state index contributed by atoms with van der Waals surface area (Å²) in [7, 11) is 0. The predicted molar refractivity (Wildman–Crippen MR) is 101 cm³/mol. The molecule has 1 heterocycles. The fourth-order valence-electron chi connectivity index (χ4n) is 4.03. The molecule has 2 aliphatic rings. The van der Waals surface area contributed by atoms with Gasteiger partial charge in [-0.15, -0.1) is 0 Å². The van der Waals surface area contributed by atoms with Crippen molar-refractivity contribution in [3.8, 4) is 0 Å². The van der Waals surface area contributed by atoms with Crippen molar-refractivity contribution in [2.24, 2.45) is 5.92 Å². The Morgan fingerprint density at radius 2 is 2.04 bits per heavy atom. The van der Waals surface area contributed by atoms with E-state index in [2.05, 4.69) is 24.1 Å². The van der Waals surface area contributed by atoms with E-state index in [9.17, 15) is 4.79 Å². The van der Waals surface area contributed by atoms with E-state index in [1.165, 1.54) is 0 Å². The van der Waals surface area contributed by atoms with Crippen LogP contribution in [-0.4, -0.2) is 49.7 Å². The second-order valence-electron chi connectivity index (χ2n) is 7.62. The molecule has 25 heavy (non-hydrogen) atoms. The Morgan fingerprint density at radius 3 is 2.60 bits per heavy atom. The lowest BCUT2D eigenvalue weighted by molar-refractivity contribution is -0.130. The molecule has 0 bridgehead atoms. The first kappa shape index (κ1) is 18.7. The van der Waals surface area contributed by atoms with Crippen molar-refractivity contribution in [3.05, 3.63) is 34.9 Å². The number of rotatable bonds is 6. The van der Waals surface area contributed by atoms with Crippen molar-refractivity contribution < 1.29 is 9.53 Å². The van der Waals surface area contributed by atoms with Crippen LogP contribution in [-0.2, 0) is 14.9 Å². The number of carbonyl (C=O) groups excluding carboxylic acids is 1. The van der Waals surface area contributed by atoms with Gasteiger partial charge in [-0.3, -0.25) is 9.69 Å². The van der Waals surface area contributed by atoms with Crippen LogP contribution >= 0.6 is 11.6 Å². The summed E-state index contributed by atoms with van der Waals surface area (Å²) >= 11 is 6.16. The molecular weight excluding hydrogens is 336 g/mol. The van der Waals surface area contributed by atoms with Gasteiger partial charge >= 0.3 is 0 Å². The van der Waals surface area contributed by atoms with Crippen molar-refractivity contribution in [1.82, 2.24) is 10.2 Å². The van der Waals surface area contributed by atoms with Crippen molar-refractivity contribution in [2.75, 3.05) is 32.8 Å². The minimum atomic E-state index is -0.391. The number of nitrogens with one attached hydrogen (secondary N) is 1.